The number of nitrogens with zero attached hydrogens (tertiary/aromatic N) is 1. The molecule has 112 valence electrons. The molecule has 1 aliphatic carbocycles. The van der Waals surface area contributed by atoms with Crippen LogP contribution in [-0.2, 0) is 10.2 Å². The summed E-state index contributed by atoms with van der Waals surface area (Å²) in [7, 11) is 0. The van der Waals surface area contributed by atoms with Gasteiger partial charge >= 0.3 is 0 Å². The maximum absolute atomic E-state index is 12.8. The largest absolute Gasteiger partial charge is 0.353 e. The van der Waals surface area contributed by atoms with Crippen molar-refractivity contribution in [3.8, 4) is 0 Å². The Morgan fingerprint density at radius 3 is 2.29 bits per heavy atom. The molecule has 5 rings (SSSR count). The lowest BCUT2D eigenvalue weighted by molar-refractivity contribution is -0.126. The summed E-state index contributed by atoms with van der Waals surface area (Å²) >= 11 is 0. The first-order valence-electron chi connectivity index (χ1n) is 8.34. The van der Waals surface area contributed by atoms with Gasteiger partial charge in [0, 0.05) is 12.1 Å². The third-order valence-electron chi connectivity index (χ3n) is 6.15. The minimum Gasteiger partial charge on any atom is -0.353 e. The zero-order chi connectivity index (χ0) is 14.3. The molecule has 3 heteroatoms. The third-order valence-corrected chi connectivity index (χ3v) is 6.15. The zero-order valence-corrected chi connectivity index (χ0v) is 12.6. The average molecular weight is 284 g/mol. The standard InChI is InChI=1S/C18H24N2O/c21-16-18(15-6-2-1-3-7-15)10-8-17(9-11-18,14-19-16)20-12-4-5-13-20/h1-3,6-7H,4-5,8-14H2,(H,19,21). The first kappa shape index (κ1) is 13.3. The molecule has 3 saturated heterocycles. The highest BCUT2D eigenvalue weighted by molar-refractivity contribution is 5.89. The van der Waals surface area contributed by atoms with Crippen LogP contribution in [0.25, 0.3) is 0 Å². The molecule has 3 heterocycles. The van der Waals surface area contributed by atoms with Crippen molar-refractivity contribution in [2.24, 2.45) is 0 Å². The SMILES string of the molecule is O=C1NCC2(N3CCCC3)CCC1(c1ccccc1)CC2. The number of carbonyl (C=O) groups excluding carboxylic acids is 1. The lowest BCUT2D eigenvalue weighted by Crippen LogP contribution is -2.53. The van der Waals surface area contributed by atoms with Crippen LogP contribution in [-0.4, -0.2) is 36.0 Å². The number of hydrogen-bond donors (Lipinski definition) is 1. The lowest BCUT2D eigenvalue weighted by Gasteiger charge is -2.46. The topological polar surface area (TPSA) is 32.3 Å². The van der Waals surface area contributed by atoms with Crippen molar-refractivity contribution in [3.05, 3.63) is 35.9 Å². The van der Waals surface area contributed by atoms with Gasteiger partial charge in [0.25, 0.3) is 0 Å². The molecule has 4 fully saturated rings. The number of carbonyl (C=O) groups is 1. The molecule has 21 heavy (non-hydrogen) atoms. The minimum atomic E-state index is -0.277. The van der Waals surface area contributed by atoms with Crippen molar-refractivity contribution in [1.29, 1.82) is 0 Å². The maximum atomic E-state index is 12.8. The van der Waals surface area contributed by atoms with Crippen LogP contribution >= 0.6 is 0 Å². The van der Waals surface area contributed by atoms with Crippen molar-refractivity contribution >= 4 is 5.91 Å². The fourth-order valence-corrected chi connectivity index (χ4v) is 4.76. The van der Waals surface area contributed by atoms with Crippen molar-refractivity contribution < 1.29 is 4.79 Å². The van der Waals surface area contributed by atoms with Gasteiger partial charge in [0.05, 0.1) is 5.41 Å². The number of amides is 1. The van der Waals surface area contributed by atoms with Gasteiger partial charge in [-0.2, -0.15) is 0 Å². The third kappa shape index (κ3) is 1.94. The molecule has 0 atom stereocenters. The molecule has 0 aromatic heterocycles. The number of rotatable bonds is 2. The van der Waals surface area contributed by atoms with Crippen molar-refractivity contribution in [3.63, 3.8) is 0 Å². The maximum Gasteiger partial charge on any atom is 0.230 e. The highest BCUT2D eigenvalue weighted by Crippen LogP contribution is 2.48. The van der Waals surface area contributed by atoms with Crippen molar-refractivity contribution in [1.82, 2.24) is 10.2 Å². The van der Waals surface area contributed by atoms with E-state index < -0.39 is 0 Å². The number of benzene rings is 1. The number of fused-ring (bicyclic) bond motifs is 4. The fraction of sp³-hybridized carbons (Fsp3) is 0.611. The van der Waals surface area contributed by atoms with E-state index in [0.717, 1.165) is 32.2 Å². The smallest absolute Gasteiger partial charge is 0.230 e. The molecule has 0 radical (unpaired) electrons. The summed E-state index contributed by atoms with van der Waals surface area (Å²) in [6.45, 7) is 3.28. The number of nitrogens with one attached hydrogen (secondary N) is 1. The van der Waals surface area contributed by atoms with Gasteiger partial charge in [-0.15, -0.1) is 0 Å². The van der Waals surface area contributed by atoms with E-state index in [1.807, 2.05) is 6.07 Å². The van der Waals surface area contributed by atoms with Crippen molar-refractivity contribution in [2.45, 2.75) is 49.5 Å². The summed E-state index contributed by atoms with van der Waals surface area (Å²) in [5.41, 5.74) is 1.17. The van der Waals surface area contributed by atoms with E-state index in [4.69, 9.17) is 0 Å². The summed E-state index contributed by atoms with van der Waals surface area (Å²) < 4.78 is 0. The van der Waals surface area contributed by atoms with Crippen LogP contribution in [0.4, 0.5) is 0 Å². The quantitative estimate of drug-likeness (QED) is 0.905. The van der Waals surface area contributed by atoms with Gasteiger partial charge < -0.3 is 5.32 Å². The molecule has 0 unspecified atom stereocenters. The molecule has 1 N–H and O–H groups in total. The Morgan fingerprint density at radius 2 is 1.62 bits per heavy atom. The number of likely N-dealkylation sites (tertiary alicyclic amines) is 1. The van der Waals surface area contributed by atoms with E-state index in [9.17, 15) is 4.79 Å². The summed E-state index contributed by atoms with van der Waals surface area (Å²) in [5, 5.41) is 3.28. The Balaban J connectivity index is 1.67. The first-order chi connectivity index (χ1) is 10.3. The summed E-state index contributed by atoms with van der Waals surface area (Å²) in [6, 6.07) is 10.4. The fourth-order valence-electron chi connectivity index (χ4n) is 4.76. The molecule has 2 bridgehead atoms. The van der Waals surface area contributed by atoms with Gasteiger partial charge in [0.15, 0.2) is 0 Å². The second-order valence-corrected chi connectivity index (χ2v) is 7.05. The Hall–Kier alpha value is -1.35. The predicted molar refractivity (Wildman–Crippen MR) is 83.1 cm³/mol. The second kappa shape index (κ2) is 4.84. The van der Waals surface area contributed by atoms with E-state index in [1.165, 1.54) is 31.5 Å². The van der Waals surface area contributed by atoms with Gasteiger partial charge in [-0.05, 0) is 57.2 Å². The molecule has 1 aromatic rings. The van der Waals surface area contributed by atoms with Crippen molar-refractivity contribution in [2.75, 3.05) is 19.6 Å². The van der Waals surface area contributed by atoms with Gasteiger partial charge in [0.2, 0.25) is 5.91 Å². The Morgan fingerprint density at radius 1 is 0.952 bits per heavy atom. The highest BCUT2D eigenvalue weighted by atomic mass is 16.2. The monoisotopic (exact) mass is 284 g/mol. The predicted octanol–water partition coefficient (Wildman–Crippen LogP) is 2.46. The molecular weight excluding hydrogens is 260 g/mol. The summed E-state index contributed by atoms with van der Waals surface area (Å²) in [4.78, 5) is 15.5. The molecule has 1 aromatic carbocycles. The molecule has 1 amide bonds. The molecule has 0 spiro atoms. The van der Waals surface area contributed by atoms with Gasteiger partial charge in [-0.3, -0.25) is 9.69 Å². The Kier molecular flexibility index (Phi) is 3.07. The molecule has 1 saturated carbocycles. The first-order valence-corrected chi connectivity index (χ1v) is 8.34. The number of hydrogen-bond acceptors (Lipinski definition) is 2. The Labute approximate surface area is 126 Å². The van der Waals surface area contributed by atoms with Gasteiger partial charge in [-0.1, -0.05) is 30.3 Å². The molecule has 4 aliphatic rings. The Bertz CT molecular complexity index is 525. The molecular formula is C18H24N2O. The summed E-state index contributed by atoms with van der Waals surface area (Å²) in [5.74, 6) is 0.257. The molecule has 3 nitrogen and oxygen atoms in total. The van der Waals surface area contributed by atoms with E-state index in [1.54, 1.807) is 0 Å². The summed E-state index contributed by atoms with van der Waals surface area (Å²) in [6.07, 6.45) is 6.94. The van der Waals surface area contributed by atoms with Gasteiger partial charge in [-0.25, -0.2) is 0 Å². The zero-order valence-electron chi connectivity index (χ0n) is 12.6. The van der Waals surface area contributed by atoms with Crippen LogP contribution in [0.5, 0.6) is 0 Å². The van der Waals surface area contributed by atoms with E-state index in [2.05, 4.69) is 34.5 Å². The van der Waals surface area contributed by atoms with Crippen LogP contribution in [0.2, 0.25) is 0 Å². The van der Waals surface area contributed by atoms with E-state index >= 15 is 0 Å². The second-order valence-electron chi connectivity index (χ2n) is 7.05. The average Bonchev–Trinajstić information content (AvgIpc) is 3.01. The van der Waals surface area contributed by atoms with E-state index in [-0.39, 0.29) is 16.9 Å². The normalized spacial score (nSPS) is 36.5. The van der Waals surface area contributed by atoms with Gasteiger partial charge in [0.1, 0.15) is 0 Å². The molecule has 3 aliphatic heterocycles. The van der Waals surface area contributed by atoms with Crippen LogP contribution in [0.1, 0.15) is 44.1 Å². The lowest BCUT2D eigenvalue weighted by atomic mass is 9.65. The van der Waals surface area contributed by atoms with Crippen LogP contribution in [0, 0.1) is 0 Å². The van der Waals surface area contributed by atoms with Crippen LogP contribution in [0.15, 0.2) is 30.3 Å². The van der Waals surface area contributed by atoms with Crippen LogP contribution in [0.3, 0.4) is 0 Å². The highest BCUT2D eigenvalue weighted by Gasteiger charge is 2.53. The van der Waals surface area contributed by atoms with E-state index in [0.29, 0.717) is 0 Å². The van der Waals surface area contributed by atoms with Crippen LogP contribution < -0.4 is 5.32 Å². The minimum absolute atomic E-state index is 0.237.